The number of nitrogens with one attached hydrogen (secondary N) is 1. The SMILES string of the molecule is [B]c1ccc2c(c1)C1(CCC2)CC(=C)N(C)C(=C(C)C)N1. The Hall–Kier alpha value is -1.64. The topological polar surface area (TPSA) is 15.3 Å². The Labute approximate surface area is 129 Å². The van der Waals surface area contributed by atoms with Crippen molar-refractivity contribution in [2.75, 3.05) is 7.05 Å². The minimum absolute atomic E-state index is 0.0425. The number of benzene rings is 1. The van der Waals surface area contributed by atoms with Gasteiger partial charge in [0.1, 0.15) is 13.7 Å². The third kappa shape index (κ3) is 2.29. The predicted molar refractivity (Wildman–Crippen MR) is 89.5 cm³/mol. The fourth-order valence-corrected chi connectivity index (χ4v) is 3.73. The van der Waals surface area contributed by atoms with E-state index in [2.05, 4.69) is 49.8 Å². The van der Waals surface area contributed by atoms with Crippen LogP contribution in [-0.2, 0) is 12.0 Å². The van der Waals surface area contributed by atoms with Crippen LogP contribution in [0.4, 0.5) is 0 Å². The molecule has 21 heavy (non-hydrogen) atoms. The molecule has 1 aromatic carbocycles. The van der Waals surface area contributed by atoms with Crippen LogP contribution in [0.3, 0.4) is 0 Å². The smallest absolute Gasteiger partial charge is 0.113 e. The molecule has 1 saturated heterocycles. The van der Waals surface area contributed by atoms with Gasteiger partial charge in [-0.1, -0.05) is 30.2 Å². The van der Waals surface area contributed by atoms with Gasteiger partial charge in [0.05, 0.1) is 5.54 Å². The van der Waals surface area contributed by atoms with E-state index in [1.807, 2.05) is 6.07 Å². The predicted octanol–water partition coefficient (Wildman–Crippen LogP) is 2.70. The van der Waals surface area contributed by atoms with Crippen molar-refractivity contribution in [3.63, 3.8) is 0 Å². The lowest BCUT2D eigenvalue weighted by molar-refractivity contribution is 0.216. The van der Waals surface area contributed by atoms with Crippen molar-refractivity contribution in [2.24, 2.45) is 0 Å². The highest BCUT2D eigenvalue weighted by Crippen LogP contribution is 2.43. The normalized spacial score (nSPS) is 24.8. The van der Waals surface area contributed by atoms with Gasteiger partial charge in [-0.2, -0.15) is 0 Å². The molecule has 1 N–H and O–H groups in total. The van der Waals surface area contributed by atoms with Gasteiger partial charge in [-0.25, -0.2) is 0 Å². The summed E-state index contributed by atoms with van der Waals surface area (Å²) >= 11 is 0. The number of aryl methyl sites for hydroxylation is 1. The van der Waals surface area contributed by atoms with Crippen molar-refractivity contribution >= 4 is 13.3 Å². The zero-order valence-electron chi connectivity index (χ0n) is 13.3. The number of rotatable bonds is 0. The van der Waals surface area contributed by atoms with Crippen LogP contribution >= 0.6 is 0 Å². The number of fused-ring (bicyclic) bond motifs is 2. The monoisotopic (exact) mass is 278 g/mol. The van der Waals surface area contributed by atoms with Crippen LogP contribution in [0.15, 0.2) is 41.9 Å². The van der Waals surface area contributed by atoms with E-state index >= 15 is 0 Å². The Morgan fingerprint density at radius 2 is 2.14 bits per heavy atom. The molecule has 2 nitrogen and oxygen atoms in total. The molecule has 1 aromatic rings. The molecular weight excluding hydrogens is 255 g/mol. The van der Waals surface area contributed by atoms with E-state index in [1.54, 1.807) is 0 Å². The summed E-state index contributed by atoms with van der Waals surface area (Å²) in [6, 6.07) is 6.36. The molecule has 1 spiro atoms. The van der Waals surface area contributed by atoms with Crippen LogP contribution in [0.5, 0.6) is 0 Å². The van der Waals surface area contributed by atoms with E-state index in [-0.39, 0.29) is 5.54 Å². The number of nitrogens with zero attached hydrogens (tertiary/aromatic N) is 1. The fraction of sp³-hybridized carbons (Fsp3) is 0.444. The van der Waals surface area contributed by atoms with Gasteiger partial charge in [-0.3, -0.25) is 0 Å². The summed E-state index contributed by atoms with van der Waals surface area (Å²) in [7, 11) is 8.15. The molecule has 1 aliphatic heterocycles. The summed E-state index contributed by atoms with van der Waals surface area (Å²) in [5.74, 6) is 1.18. The van der Waals surface area contributed by atoms with E-state index < -0.39 is 0 Å². The van der Waals surface area contributed by atoms with Crippen molar-refractivity contribution in [1.82, 2.24) is 10.2 Å². The molecule has 1 aliphatic carbocycles. The van der Waals surface area contributed by atoms with Gasteiger partial charge in [0.25, 0.3) is 0 Å². The van der Waals surface area contributed by atoms with E-state index in [0.29, 0.717) is 0 Å². The highest BCUT2D eigenvalue weighted by molar-refractivity contribution is 6.32. The number of hydrogen-bond donors (Lipinski definition) is 1. The first-order valence-electron chi connectivity index (χ1n) is 7.69. The van der Waals surface area contributed by atoms with Gasteiger partial charge in [0, 0.05) is 19.2 Å². The first kappa shape index (κ1) is 14.3. The summed E-state index contributed by atoms with van der Waals surface area (Å²) in [5.41, 5.74) is 6.04. The van der Waals surface area contributed by atoms with E-state index in [1.165, 1.54) is 34.6 Å². The van der Waals surface area contributed by atoms with Gasteiger partial charge in [0.2, 0.25) is 0 Å². The standard InChI is InChI=1S/C18H23BN2/c1-12(2)17-20-18(11-13(3)21(17)4)9-5-6-14-7-8-15(19)10-16(14)18/h7-8,10,20H,3,5-6,9,11H2,1-2,4H3. The second kappa shape index (κ2) is 4.97. The van der Waals surface area contributed by atoms with Crippen LogP contribution in [0.25, 0.3) is 0 Å². The van der Waals surface area contributed by atoms with Gasteiger partial charge >= 0.3 is 0 Å². The van der Waals surface area contributed by atoms with Crippen molar-refractivity contribution in [3.05, 3.63) is 53.0 Å². The number of allylic oxidation sites excluding steroid dienone is 1. The maximum atomic E-state index is 6.06. The maximum absolute atomic E-state index is 6.06. The highest BCUT2D eigenvalue weighted by Gasteiger charge is 2.41. The Kier molecular flexibility index (Phi) is 3.39. The molecule has 1 atom stereocenters. The van der Waals surface area contributed by atoms with Crippen molar-refractivity contribution in [2.45, 2.75) is 45.1 Å². The molecule has 0 bridgehead atoms. The first-order chi connectivity index (χ1) is 9.93. The quantitative estimate of drug-likeness (QED) is 0.734. The molecule has 0 saturated carbocycles. The van der Waals surface area contributed by atoms with Crippen LogP contribution < -0.4 is 10.8 Å². The Bertz CT molecular complexity index is 628. The number of hydrogen-bond acceptors (Lipinski definition) is 2. The van der Waals surface area contributed by atoms with Crippen LogP contribution in [0.2, 0.25) is 0 Å². The summed E-state index contributed by atoms with van der Waals surface area (Å²) in [5, 5.41) is 3.82. The van der Waals surface area contributed by atoms with Gasteiger partial charge in [-0.05, 0) is 49.8 Å². The van der Waals surface area contributed by atoms with E-state index in [0.717, 1.165) is 24.7 Å². The Morgan fingerprint density at radius 3 is 2.86 bits per heavy atom. The van der Waals surface area contributed by atoms with Gasteiger partial charge in [-0.15, -0.1) is 0 Å². The molecule has 3 heteroatoms. The van der Waals surface area contributed by atoms with Crippen molar-refractivity contribution in [3.8, 4) is 0 Å². The van der Waals surface area contributed by atoms with Crippen molar-refractivity contribution < 1.29 is 0 Å². The minimum atomic E-state index is -0.0425. The van der Waals surface area contributed by atoms with Gasteiger partial charge in [0.15, 0.2) is 0 Å². The molecule has 1 unspecified atom stereocenters. The summed E-state index contributed by atoms with van der Waals surface area (Å²) in [6.07, 6.45) is 4.42. The molecular formula is C18H23BN2. The minimum Gasteiger partial charge on any atom is -0.362 e. The average molecular weight is 278 g/mol. The average Bonchev–Trinajstić information content (AvgIpc) is 2.44. The van der Waals surface area contributed by atoms with Crippen LogP contribution in [0.1, 0.15) is 44.2 Å². The van der Waals surface area contributed by atoms with E-state index in [4.69, 9.17) is 7.85 Å². The molecule has 0 aromatic heterocycles. The molecule has 3 rings (SSSR count). The lowest BCUT2D eigenvalue weighted by Crippen LogP contribution is -2.53. The summed E-state index contributed by atoms with van der Waals surface area (Å²) < 4.78 is 0. The third-order valence-corrected chi connectivity index (χ3v) is 4.85. The molecule has 0 amide bonds. The molecule has 108 valence electrons. The summed E-state index contributed by atoms with van der Waals surface area (Å²) in [4.78, 5) is 2.18. The zero-order chi connectivity index (χ0) is 15.2. The third-order valence-electron chi connectivity index (χ3n) is 4.85. The highest BCUT2D eigenvalue weighted by atomic mass is 15.3. The lowest BCUT2D eigenvalue weighted by Gasteiger charge is -2.49. The first-order valence-corrected chi connectivity index (χ1v) is 7.69. The second-order valence-electron chi connectivity index (χ2n) is 6.63. The fourth-order valence-electron chi connectivity index (χ4n) is 3.73. The molecule has 2 aliphatic rings. The maximum Gasteiger partial charge on any atom is 0.113 e. The molecule has 1 heterocycles. The molecule has 1 fully saturated rings. The van der Waals surface area contributed by atoms with Crippen molar-refractivity contribution in [1.29, 1.82) is 0 Å². The Balaban J connectivity index is 2.13. The largest absolute Gasteiger partial charge is 0.362 e. The second-order valence-corrected chi connectivity index (χ2v) is 6.63. The lowest BCUT2D eigenvalue weighted by atomic mass is 9.71. The van der Waals surface area contributed by atoms with Crippen LogP contribution in [-0.4, -0.2) is 19.8 Å². The van der Waals surface area contributed by atoms with Crippen LogP contribution in [0, 0.1) is 0 Å². The summed E-state index contributed by atoms with van der Waals surface area (Å²) in [6.45, 7) is 8.59. The van der Waals surface area contributed by atoms with Gasteiger partial charge < -0.3 is 10.2 Å². The molecule has 2 radical (unpaired) electrons. The van der Waals surface area contributed by atoms with E-state index in [9.17, 15) is 0 Å². The Morgan fingerprint density at radius 1 is 1.38 bits per heavy atom. The zero-order valence-corrected chi connectivity index (χ0v) is 13.3.